The van der Waals surface area contributed by atoms with Gasteiger partial charge >= 0.3 is 6.29 Å². The van der Waals surface area contributed by atoms with Crippen LogP contribution in [0.1, 0.15) is 48.2 Å². The van der Waals surface area contributed by atoms with Crippen LogP contribution in [-0.2, 0) is 0 Å². The predicted molar refractivity (Wildman–Crippen MR) is 71.8 cm³/mol. The first-order chi connectivity index (χ1) is 8.37. The molecule has 0 bridgehead atoms. The van der Waals surface area contributed by atoms with Gasteiger partial charge in [0.15, 0.2) is 0 Å². The van der Waals surface area contributed by atoms with Crippen molar-refractivity contribution < 1.29 is 13.7 Å². The Labute approximate surface area is 109 Å². The van der Waals surface area contributed by atoms with Gasteiger partial charge in [-0.3, -0.25) is 0 Å². The lowest BCUT2D eigenvalue weighted by Crippen LogP contribution is -2.46. The number of hydrogen-bond donors (Lipinski definition) is 0. The van der Waals surface area contributed by atoms with Crippen LogP contribution in [0.15, 0.2) is 0 Å². The van der Waals surface area contributed by atoms with E-state index >= 15 is 0 Å². The van der Waals surface area contributed by atoms with Crippen LogP contribution in [0.2, 0.25) is 0 Å². The summed E-state index contributed by atoms with van der Waals surface area (Å²) in [5.41, 5.74) is 9.84. The van der Waals surface area contributed by atoms with Crippen LogP contribution in [0.4, 0.5) is 0 Å². The number of pyridine rings is 1. The minimum atomic E-state index is 0.327. The van der Waals surface area contributed by atoms with E-state index in [-0.39, 0.29) is 0 Å². The zero-order valence-electron chi connectivity index (χ0n) is 12.4. The van der Waals surface area contributed by atoms with Crippen LogP contribution in [0, 0.1) is 20.8 Å². The minimum Gasteiger partial charge on any atom is -0.107 e. The molecule has 18 heavy (non-hydrogen) atoms. The quantitative estimate of drug-likeness (QED) is 0.609. The highest BCUT2D eigenvalue weighted by Gasteiger charge is 2.58. The molecule has 0 aromatic carbocycles. The molecule has 0 radical (unpaired) electrons. The molecule has 0 saturated heterocycles. The van der Waals surface area contributed by atoms with Crippen LogP contribution in [0.3, 0.4) is 0 Å². The van der Waals surface area contributed by atoms with Gasteiger partial charge in [0.2, 0.25) is 0 Å². The molecule has 3 nitrogen and oxygen atoms in total. The summed E-state index contributed by atoms with van der Waals surface area (Å²) >= 11 is 0. The molecule has 3 heterocycles. The average Bonchev–Trinajstić information content (AvgIpc) is 2.72. The van der Waals surface area contributed by atoms with Crippen molar-refractivity contribution in [1.29, 1.82) is 0 Å². The second-order valence-electron chi connectivity index (χ2n) is 5.68. The van der Waals surface area contributed by atoms with Crippen molar-refractivity contribution in [2.24, 2.45) is 0 Å². The van der Waals surface area contributed by atoms with E-state index in [1.165, 1.54) is 39.5 Å². The first-order valence-electron chi connectivity index (χ1n) is 6.56. The Morgan fingerprint density at radius 3 is 1.44 bits per heavy atom. The van der Waals surface area contributed by atoms with E-state index in [9.17, 15) is 0 Å². The highest BCUT2D eigenvalue weighted by atomic mass is 15.4. The predicted octanol–water partition coefficient (Wildman–Crippen LogP) is 1.29. The maximum absolute atomic E-state index is 2.50. The molecule has 0 amide bonds. The lowest BCUT2D eigenvalue weighted by atomic mass is 9.98. The molecule has 0 aliphatic carbocycles. The second-order valence-corrected chi connectivity index (χ2v) is 5.68. The average molecular weight is 244 g/mol. The zero-order chi connectivity index (χ0) is 13.4. The Balaban J connectivity index is 2.52. The van der Waals surface area contributed by atoms with Crippen LogP contribution < -0.4 is 4.57 Å². The van der Waals surface area contributed by atoms with Gasteiger partial charge in [-0.2, -0.15) is 0 Å². The summed E-state index contributed by atoms with van der Waals surface area (Å²) in [5, 5.41) is 0. The zero-order valence-corrected chi connectivity index (χ0v) is 12.4. The smallest absolute Gasteiger partial charge is 0.107 e. The first kappa shape index (κ1) is 11.6. The number of hydrogen-bond acceptors (Lipinski definition) is 0. The monoisotopic (exact) mass is 244 g/mol. The SMILES string of the molecule is CC1=[N+](C)C2[N+](C)=C(C)c3c(C)c(C)c(C)c1[n+]32. The fraction of sp³-hybridized carbons (Fsp3) is 0.533. The molecular formula is C15H22N3+3. The summed E-state index contributed by atoms with van der Waals surface area (Å²) in [4.78, 5) is 0. The first-order valence-corrected chi connectivity index (χ1v) is 6.56. The third-order valence-corrected chi connectivity index (χ3v) is 4.98. The minimum absolute atomic E-state index is 0.327. The molecule has 0 N–H and O–H groups in total. The molecule has 0 fully saturated rings. The molecule has 1 aromatic heterocycles. The number of nitrogens with zero attached hydrogens (tertiary/aromatic N) is 3. The fourth-order valence-corrected chi connectivity index (χ4v) is 3.52. The van der Waals surface area contributed by atoms with Gasteiger partial charge in [-0.1, -0.05) is 4.57 Å². The molecule has 0 unspecified atom stereocenters. The Kier molecular flexibility index (Phi) is 2.11. The standard InChI is InChI=1S/C15H22N3/c1-8-9(2)13-11(4)16(6)15-17(7)12(5)14(10(8)3)18(13)15/h15H,1-7H3/q+3. The molecule has 1 aromatic rings. The van der Waals surface area contributed by atoms with Gasteiger partial charge in [0, 0.05) is 25.0 Å². The molecule has 2 aliphatic heterocycles. The normalized spacial score (nSPS) is 18.2. The lowest BCUT2D eigenvalue weighted by molar-refractivity contribution is -0.990. The third kappa shape index (κ3) is 1.03. The molecule has 3 rings (SSSR count). The van der Waals surface area contributed by atoms with E-state index in [1.807, 2.05) is 0 Å². The maximum Gasteiger partial charge on any atom is 0.544 e. The summed E-state index contributed by atoms with van der Waals surface area (Å²) in [6.07, 6.45) is 0.327. The van der Waals surface area contributed by atoms with Crippen LogP contribution in [0.25, 0.3) is 0 Å². The Hall–Kier alpha value is -1.51. The van der Waals surface area contributed by atoms with Crippen molar-refractivity contribution >= 4 is 11.4 Å². The third-order valence-electron chi connectivity index (χ3n) is 4.98. The number of rotatable bonds is 0. The fourth-order valence-electron chi connectivity index (χ4n) is 3.52. The van der Waals surface area contributed by atoms with E-state index in [1.54, 1.807) is 0 Å². The van der Waals surface area contributed by atoms with Crippen molar-refractivity contribution in [3.05, 3.63) is 28.1 Å². The molecular weight excluding hydrogens is 222 g/mol. The van der Waals surface area contributed by atoms with Gasteiger partial charge in [0.25, 0.3) is 22.8 Å². The largest absolute Gasteiger partial charge is 0.544 e. The number of aromatic nitrogens is 1. The molecule has 0 saturated carbocycles. The van der Waals surface area contributed by atoms with Crippen LogP contribution in [0.5, 0.6) is 0 Å². The molecule has 3 heteroatoms. The lowest BCUT2D eigenvalue weighted by Gasteiger charge is -2.04. The highest BCUT2D eigenvalue weighted by molar-refractivity contribution is 5.98. The molecule has 0 spiro atoms. The van der Waals surface area contributed by atoms with Gasteiger partial charge < -0.3 is 0 Å². The summed E-state index contributed by atoms with van der Waals surface area (Å²) in [6, 6.07) is 0. The van der Waals surface area contributed by atoms with Crippen molar-refractivity contribution in [2.45, 2.75) is 40.9 Å². The summed E-state index contributed by atoms with van der Waals surface area (Å²) < 4.78 is 7.25. The maximum atomic E-state index is 2.50. The Bertz CT molecular complexity index is 610. The summed E-state index contributed by atoms with van der Waals surface area (Å²) in [6.45, 7) is 11.2. The van der Waals surface area contributed by atoms with Crippen LogP contribution in [-0.4, -0.2) is 34.7 Å². The van der Waals surface area contributed by atoms with E-state index in [0.29, 0.717) is 6.29 Å². The van der Waals surface area contributed by atoms with E-state index in [0.717, 1.165) is 0 Å². The van der Waals surface area contributed by atoms with Crippen LogP contribution >= 0.6 is 0 Å². The van der Waals surface area contributed by atoms with E-state index in [2.05, 4.69) is 62.4 Å². The van der Waals surface area contributed by atoms with Gasteiger partial charge in [-0.25, -0.2) is 0 Å². The van der Waals surface area contributed by atoms with Crippen molar-refractivity contribution in [3.63, 3.8) is 0 Å². The summed E-state index contributed by atoms with van der Waals surface area (Å²) in [7, 11) is 4.38. The molecule has 0 atom stereocenters. The van der Waals surface area contributed by atoms with E-state index in [4.69, 9.17) is 0 Å². The van der Waals surface area contributed by atoms with Crippen molar-refractivity contribution in [3.8, 4) is 0 Å². The van der Waals surface area contributed by atoms with Gasteiger partial charge in [-0.05, 0) is 26.3 Å². The molecule has 2 aliphatic rings. The van der Waals surface area contributed by atoms with E-state index < -0.39 is 0 Å². The Morgan fingerprint density at radius 1 is 0.667 bits per heavy atom. The highest BCUT2D eigenvalue weighted by Crippen LogP contribution is 2.27. The Morgan fingerprint density at radius 2 is 1.06 bits per heavy atom. The van der Waals surface area contributed by atoms with Crippen molar-refractivity contribution in [2.75, 3.05) is 14.1 Å². The van der Waals surface area contributed by atoms with Gasteiger partial charge in [-0.15, -0.1) is 9.15 Å². The topological polar surface area (TPSA) is 9.90 Å². The van der Waals surface area contributed by atoms with Gasteiger partial charge in [0.05, 0.1) is 0 Å². The summed E-state index contributed by atoms with van der Waals surface area (Å²) in [5.74, 6) is 0. The van der Waals surface area contributed by atoms with Crippen molar-refractivity contribution in [1.82, 2.24) is 0 Å². The molecule has 94 valence electrons. The van der Waals surface area contributed by atoms with Gasteiger partial charge in [0.1, 0.15) is 14.1 Å². The second kappa shape index (κ2) is 3.28.